The van der Waals surface area contributed by atoms with Crippen molar-refractivity contribution in [1.29, 1.82) is 0 Å². The number of carbonyl (C=O) groups is 1. The summed E-state index contributed by atoms with van der Waals surface area (Å²) in [5.41, 5.74) is 0. The van der Waals surface area contributed by atoms with Gasteiger partial charge in [-0.05, 0) is 25.7 Å². The van der Waals surface area contributed by atoms with Gasteiger partial charge in [-0.25, -0.2) is 0 Å². The summed E-state index contributed by atoms with van der Waals surface area (Å²) in [4.78, 5) is 12.9. The molecule has 1 rings (SSSR count). The molecule has 0 aliphatic carbocycles. The van der Waals surface area contributed by atoms with E-state index in [4.69, 9.17) is 0 Å². The molecule has 1 aliphatic rings. The monoisotopic (exact) mass is 237 g/mol. The van der Waals surface area contributed by atoms with Crippen molar-refractivity contribution in [2.24, 2.45) is 5.92 Å². The number of hydrogen-bond acceptors (Lipinski definition) is 1. The van der Waals surface area contributed by atoms with Crippen molar-refractivity contribution in [2.75, 3.05) is 6.54 Å². The van der Waals surface area contributed by atoms with Gasteiger partial charge in [0.05, 0.1) is 0 Å². The van der Waals surface area contributed by atoms with Crippen LogP contribution >= 0.6 is 0 Å². The van der Waals surface area contributed by atoms with E-state index in [9.17, 15) is 18.0 Å². The molecule has 0 radical (unpaired) electrons. The molecule has 16 heavy (non-hydrogen) atoms. The smallest absolute Gasteiger partial charge is 0.339 e. The van der Waals surface area contributed by atoms with Crippen LogP contribution in [0.1, 0.15) is 39.5 Å². The Morgan fingerprint density at radius 3 is 2.50 bits per heavy atom. The molecule has 0 aromatic rings. The maximum Gasteiger partial charge on any atom is 0.397 e. The molecule has 1 aliphatic heterocycles. The van der Waals surface area contributed by atoms with Crippen LogP contribution < -0.4 is 0 Å². The van der Waals surface area contributed by atoms with Crippen molar-refractivity contribution in [3.8, 4) is 0 Å². The van der Waals surface area contributed by atoms with E-state index in [1.807, 2.05) is 13.8 Å². The van der Waals surface area contributed by atoms with Gasteiger partial charge in [0.2, 0.25) is 5.91 Å². The second kappa shape index (κ2) is 5.06. The molecule has 2 unspecified atom stereocenters. The van der Waals surface area contributed by atoms with E-state index >= 15 is 0 Å². The first-order valence-corrected chi connectivity index (χ1v) is 5.69. The minimum atomic E-state index is -4.39. The van der Waals surface area contributed by atoms with Crippen LogP contribution in [0.2, 0.25) is 0 Å². The number of alkyl halides is 3. The average molecular weight is 237 g/mol. The number of amides is 1. The molecule has 2 nitrogen and oxygen atoms in total. The number of hydrogen-bond donors (Lipinski definition) is 0. The third-order valence-electron chi connectivity index (χ3n) is 3.23. The molecule has 0 bridgehead atoms. The second-order valence-corrected chi connectivity index (χ2v) is 4.54. The summed E-state index contributed by atoms with van der Waals surface area (Å²) in [6, 6.07) is -0.0577. The molecule has 2 atom stereocenters. The van der Waals surface area contributed by atoms with Crippen LogP contribution in [0.25, 0.3) is 0 Å². The summed E-state index contributed by atoms with van der Waals surface area (Å²) < 4.78 is 36.4. The molecule has 94 valence electrons. The van der Waals surface area contributed by atoms with Crippen molar-refractivity contribution in [3.05, 3.63) is 0 Å². The fraction of sp³-hybridized carbons (Fsp3) is 0.909. The normalized spacial score (nSPS) is 26.9. The molecule has 1 saturated heterocycles. The van der Waals surface area contributed by atoms with Gasteiger partial charge in [0.15, 0.2) is 0 Å². The van der Waals surface area contributed by atoms with E-state index in [0.29, 0.717) is 12.5 Å². The van der Waals surface area contributed by atoms with Gasteiger partial charge in [-0.3, -0.25) is 4.79 Å². The van der Waals surface area contributed by atoms with Crippen molar-refractivity contribution in [1.82, 2.24) is 4.90 Å². The predicted octanol–water partition coefficient (Wildman–Crippen LogP) is 2.98. The van der Waals surface area contributed by atoms with Gasteiger partial charge < -0.3 is 4.90 Å². The number of nitrogens with zero attached hydrogens (tertiary/aromatic N) is 1. The van der Waals surface area contributed by atoms with Crippen LogP contribution in [0.15, 0.2) is 0 Å². The van der Waals surface area contributed by atoms with Crippen molar-refractivity contribution >= 4 is 5.91 Å². The minimum absolute atomic E-state index is 0.0577. The predicted molar refractivity (Wildman–Crippen MR) is 54.9 cm³/mol. The van der Waals surface area contributed by atoms with E-state index in [1.54, 1.807) is 0 Å². The number of halogens is 3. The lowest BCUT2D eigenvalue weighted by molar-refractivity contribution is -0.164. The molecule has 1 amide bonds. The minimum Gasteiger partial charge on any atom is -0.339 e. The summed E-state index contributed by atoms with van der Waals surface area (Å²) in [5.74, 6) is -0.425. The Hall–Kier alpha value is -0.740. The Bertz CT molecular complexity index is 252. The van der Waals surface area contributed by atoms with E-state index in [-0.39, 0.29) is 6.04 Å². The number of piperidine rings is 1. The molecule has 5 heteroatoms. The molecule has 1 fully saturated rings. The third-order valence-corrected chi connectivity index (χ3v) is 3.23. The highest BCUT2D eigenvalue weighted by molar-refractivity contribution is 5.77. The zero-order valence-electron chi connectivity index (χ0n) is 9.68. The summed E-state index contributed by atoms with van der Waals surface area (Å²) in [5, 5.41) is 0. The largest absolute Gasteiger partial charge is 0.397 e. The Morgan fingerprint density at radius 2 is 2.00 bits per heavy atom. The highest BCUT2D eigenvalue weighted by atomic mass is 19.4. The quantitative estimate of drug-likeness (QED) is 0.723. The zero-order chi connectivity index (χ0) is 12.3. The second-order valence-electron chi connectivity index (χ2n) is 4.54. The molecule has 0 aromatic carbocycles. The van der Waals surface area contributed by atoms with Crippen molar-refractivity contribution in [3.63, 3.8) is 0 Å². The van der Waals surface area contributed by atoms with Crippen LogP contribution in [-0.2, 0) is 4.79 Å². The highest BCUT2D eigenvalue weighted by Crippen LogP contribution is 2.27. The lowest BCUT2D eigenvalue weighted by Crippen LogP contribution is -2.46. The molecule has 0 spiro atoms. The first-order valence-electron chi connectivity index (χ1n) is 5.69. The first-order chi connectivity index (χ1) is 7.33. The first kappa shape index (κ1) is 13.3. The molecule has 1 heterocycles. The lowest BCUT2D eigenvalue weighted by Gasteiger charge is -2.38. The maximum absolute atomic E-state index is 12.1. The Balaban J connectivity index is 2.59. The molecular weight excluding hydrogens is 219 g/mol. The van der Waals surface area contributed by atoms with E-state index in [0.717, 1.165) is 19.3 Å². The van der Waals surface area contributed by atoms with Gasteiger partial charge in [-0.2, -0.15) is 13.2 Å². The SMILES string of the molecule is CCC1CCC(C)N(C(=O)CC(F)(F)F)C1. The number of rotatable bonds is 2. The number of likely N-dealkylation sites (tertiary alicyclic amines) is 1. The van der Waals surface area contributed by atoms with Gasteiger partial charge in [0.1, 0.15) is 6.42 Å². The average Bonchev–Trinajstić information content (AvgIpc) is 2.15. The van der Waals surface area contributed by atoms with Crippen LogP contribution in [-0.4, -0.2) is 29.6 Å². The van der Waals surface area contributed by atoms with Gasteiger partial charge in [-0.1, -0.05) is 13.3 Å². The third kappa shape index (κ3) is 3.68. The summed E-state index contributed by atoms with van der Waals surface area (Å²) in [6.45, 7) is 4.31. The Labute approximate surface area is 93.8 Å². The highest BCUT2D eigenvalue weighted by Gasteiger charge is 2.36. The van der Waals surface area contributed by atoms with Gasteiger partial charge in [0.25, 0.3) is 0 Å². The molecule has 0 saturated carbocycles. The lowest BCUT2D eigenvalue weighted by atomic mass is 9.91. The van der Waals surface area contributed by atoms with Crippen LogP contribution in [0, 0.1) is 5.92 Å². The van der Waals surface area contributed by atoms with Crippen molar-refractivity contribution < 1.29 is 18.0 Å². The Kier molecular flexibility index (Phi) is 4.21. The van der Waals surface area contributed by atoms with Crippen LogP contribution in [0.4, 0.5) is 13.2 Å². The zero-order valence-corrected chi connectivity index (χ0v) is 9.68. The Morgan fingerprint density at radius 1 is 1.38 bits per heavy atom. The standard InChI is InChI=1S/C11H18F3NO/c1-3-9-5-4-8(2)15(7-9)10(16)6-11(12,13)14/h8-9H,3-7H2,1-2H3. The number of carbonyl (C=O) groups excluding carboxylic acids is 1. The van der Waals surface area contributed by atoms with Gasteiger partial charge in [-0.15, -0.1) is 0 Å². The van der Waals surface area contributed by atoms with E-state index in [1.165, 1.54) is 4.90 Å². The maximum atomic E-state index is 12.1. The van der Waals surface area contributed by atoms with E-state index in [2.05, 4.69) is 0 Å². The molecular formula is C11H18F3NO. The van der Waals surface area contributed by atoms with E-state index < -0.39 is 18.5 Å². The summed E-state index contributed by atoms with van der Waals surface area (Å²) >= 11 is 0. The molecule has 0 N–H and O–H groups in total. The summed E-state index contributed by atoms with van der Waals surface area (Å²) in [6.07, 6.45) is -2.98. The van der Waals surface area contributed by atoms with Crippen molar-refractivity contribution in [2.45, 2.75) is 51.7 Å². The fourth-order valence-electron chi connectivity index (χ4n) is 2.14. The van der Waals surface area contributed by atoms with Gasteiger partial charge >= 0.3 is 6.18 Å². The molecule has 0 aromatic heterocycles. The van der Waals surface area contributed by atoms with Gasteiger partial charge in [0, 0.05) is 12.6 Å². The van der Waals surface area contributed by atoms with Crippen LogP contribution in [0.5, 0.6) is 0 Å². The van der Waals surface area contributed by atoms with Crippen LogP contribution in [0.3, 0.4) is 0 Å². The fourth-order valence-corrected chi connectivity index (χ4v) is 2.14. The summed E-state index contributed by atoms with van der Waals surface area (Å²) in [7, 11) is 0. The topological polar surface area (TPSA) is 20.3 Å².